The topological polar surface area (TPSA) is 110 Å². The molecule has 0 fully saturated rings. The van der Waals surface area contributed by atoms with E-state index in [2.05, 4.69) is 19.9 Å². The van der Waals surface area contributed by atoms with E-state index >= 15 is 0 Å². The number of aryl methyl sites for hydroxylation is 2. The average Bonchev–Trinajstić information content (AvgIpc) is 2.91. The number of nitrogens with one attached hydrogen (secondary N) is 2. The molecule has 7 nitrogen and oxygen atoms in total. The molecular formula is C15H17N5O2. The van der Waals surface area contributed by atoms with Crippen LogP contribution in [-0.2, 0) is 12.8 Å². The average molecular weight is 299 g/mol. The number of imidazole rings is 1. The van der Waals surface area contributed by atoms with Crippen molar-refractivity contribution >= 4 is 17.1 Å². The second-order valence-corrected chi connectivity index (χ2v) is 5.03. The van der Waals surface area contributed by atoms with Gasteiger partial charge in [-0.1, -0.05) is 12.1 Å². The molecule has 0 aliphatic heterocycles. The number of benzene rings is 1. The van der Waals surface area contributed by atoms with E-state index in [1.54, 1.807) is 7.11 Å². The van der Waals surface area contributed by atoms with Crippen molar-refractivity contribution in [1.29, 1.82) is 0 Å². The monoisotopic (exact) mass is 299 g/mol. The van der Waals surface area contributed by atoms with E-state index < -0.39 is 0 Å². The minimum atomic E-state index is -0.295. The molecule has 0 saturated heterocycles. The predicted molar refractivity (Wildman–Crippen MR) is 83.9 cm³/mol. The van der Waals surface area contributed by atoms with Gasteiger partial charge in [0.25, 0.3) is 5.56 Å². The maximum Gasteiger partial charge on any atom is 0.278 e. The van der Waals surface area contributed by atoms with Crippen LogP contribution in [0.1, 0.15) is 17.8 Å². The van der Waals surface area contributed by atoms with Crippen LogP contribution in [-0.4, -0.2) is 27.0 Å². The Kier molecular flexibility index (Phi) is 3.78. The first-order chi connectivity index (χ1) is 10.7. The van der Waals surface area contributed by atoms with Gasteiger partial charge in [-0.25, -0.2) is 4.98 Å². The van der Waals surface area contributed by atoms with E-state index in [4.69, 9.17) is 10.5 Å². The van der Waals surface area contributed by atoms with Gasteiger partial charge in [0, 0.05) is 6.42 Å². The molecule has 1 aromatic carbocycles. The summed E-state index contributed by atoms with van der Waals surface area (Å²) in [6.07, 6.45) is 2.58. The van der Waals surface area contributed by atoms with Gasteiger partial charge in [0.2, 0.25) is 5.95 Å². The van der Waals surface area contributed by atoms with Gasteiger partial charge >= 0.3 is 0 Å². The molecule has 3 rings (SSSR count). The maximum atomic E-state index is 11.7. The highest BCUT2D eigenvalue weighted by Crippen LogP contribution is 2.14. The van der Waals surface area contributed by atoms with Crippen molar-refractivity contribution in [2.75, 3.05) is 12.8 Å². The van der Waals surface area contributed by atoms with E-state index in [9.17, 15) is 4.79 Å². The van der Waals surface area contributed by atoms with Crippen molar-refractivity contribution in [2.24, 2.45) is 0 Å². The fourth-order valence-corrected chi connectivity index (χ4v) is 2.34. The molecule has 0 spiro atoms. The first-order valence-corrected chi connectivity index (χ1v) is 7.03. The molecule has 2 heterocycles. The molecule has 4 N–H and O–H groups in total. The molecule has 0 amide bonds. The Morgan fingerprint density at radius 1 is 1.14 bits per heavy atom. The smallest absolute Gasteiger partial charge is 0.278 e. The number of aromatic amines is 2. The Hall–Kier alpha value is -2.83. The third-order valence-electron chi connectivity index (χ3n) is 3.47. The number of aromatic nitrogens is 4. The summed E-state index contributed by atoms with van der Waals surface area (Å²) in [6, 6.07) is 7.99. The standard InChI is InChI=1S/C15H17N5O2/c1-22-10-7-5-9(6-8-10)3-2-4-11-17-12-13(18-11)19-15(16)20-14(12)21/h5-8H,2-4H2,1H3,(H4,16,17,18,19,20,21). The Balaban J connectivity index is 1.66. The molecule has 22 heavy (non-hydrogen) atoms. The lowest BCUT2D eigenvalue weighted by Gasteiger charge is -2.02. The minimum Gasteiger partial charge on any atom is -0.497 e. The molecule has 0 bridgehead atoms. The predicted octanol–water partition coefficient (Wildman–Crippen LogP) is 1.41. The fourth-order valence-electron chi connectivity index (χ4n) is 2.34. The third-order valence-corrected chi connectivity index (χ3v) is 3.47. The number of anilines is 1. The lowest BCUT2D eigenvalue weighted by atomic mass is 10.1. The minimum absolute atomic E-state index is 0.0776. The van der Waals surface area contributed by atoms with Crippen LogP contribution in [0.5, 0.6) is 5.75 Å². The second kappa shape index (κ2) is 5.88. The highest BCUT2D eigenvalue weighted by molar-refractivity contribution is 5.70. The number of nitrogens with zero attached hydrogens (tertiary/aromatic N) is 2. The summed E-state index contributed by atoms with van der Waals surface area (Å²) < 4.78 is 5.13. The molecule has 0 unspecified atom stereocenters. The van der Waals surface area contributed by atoms with Crippen molar-refractivity contribution in [3.63, 3.8) is 0 Å². The zero-order valence-corrected chi connectivity index (χ0v) is 12.2. The SMILES string of the molecule is COc1ccc(CCCc2nc3nc(N)[nH]c(=O)c3[nH]2)cc1. The third kappa shape index (κ3) is 2.93. The number of rotatable bonds is 5. The van der Waals surface area contributed by atoms with E-state index in [1.165, 1.54) is 5.56 Å². The molecule has 0 atom stereocenters. The summed E-state index contributed by atoms with van der Waals surface area (Å²) in [7, 11) is 1.65. The van der Waals surface area contributed by atoms with Crippen molar-refractivity contribution < 1.29 is 4.74 Å². The maximum absolute atomic E-state index is 11.7. The summed E-state index contributed by atoms with van der Waals surface area (Å²) in [6.45, 7) is 0. The molecule has 7 heteroatoms. The molecule has 3 aromatic rings. The Morgan fingerprint density at radius 3 is 2.64 bits per heavy atom. The lowest BCUT2D eigenvalue weighted by molar-refractivity contribution is 0.414. The lowest BCUT2D eigenvalue weighted by Crippen LogP contribution is -2.10. The summed E-state index contributed by atoms with van der Waals surface area (Å²) in [5, 5.41) is 0. The van der Waals surface area contributed by atoms with Crippen LogP contribution >= 0.6 is 0 Å². The van der Waals surface area contributed by atoms with E-state index in [0.717, 1.165) is 30.8 Å². The summed E-state index contributed by atoms with van der Waals surface area (Å²) in [4.78, 5) is 25.5. The number of nitrogen functional groups attached to an aromatic ring is 1. The van der Waals surface area contributed by atoms with Gasteiger partial charge in [0.15, 0.2) is 11.2 Å². The van der Waals surface area contributed by atoms with Crippen LogP contribution in [0.2, 0.25) is 0 Å². The first-order valence-electron chi connectivity index (χ1n) is 7.03. The van der Waals surface area contributed by atoms with E-state index in [-0.39, 0.29) is 11.5 Å². The van der Waals surface area contributed by atoms with Gasteiger partial charge in [-0.05, 0) is 30.5 Å². The van der Waals surface area contributed by atoms with Crippen LogP contribution in [0, 0.1) is 0 Å². The number of hydrogen-bond acceptors (Lipinski definition) is 5. The van der Waals surface area contributed by atoms with Crippen molar-refractivity contribution in [3.05, 3.63) is 46.0 Å². The summed E-state index contributed by atoms with van der Waals surface area (Å²) in [5.41, 5.74) is 7.17. The zero-order chi connectivity index (χ0) is 15.5. The number of fused-ring (bicyclic) bond motifs is 1. The Bertz CT molecular complexity index is 835. The van der Waals surface area contributed by atoms with Gasteiger partial charge in [-0.2, -0.15) is 4.98 Å². The van der Waals surface area contributed by atoms with Crippen molar-refractivity contribution in [2.45, 2.75) is 19.3 Å². The van der Waals surface area contributed by atoms with Gasteiger partial charge < -0.3 is 15.5 Å². The van der Waals surface area contributed by atoms with Gasteiger partial charge in [-0.15, -0.1) is 0 Å². The summed E-state index contributed by atoms with van der Waals surface area (Å²) >= 11 is 0. The molecule has 0 aliphatic carbocycles. The number of H-pyrrole nitrogens is 2. The van der Waals surface area contributed by atoms with Gasteiger partial charge in [0.05, 0.1) is 7.11 Å². The van der Waals surface area contributed by atoms with Gasteiger partial charge in [0.1, 0.15) is 11.6 Å². The second-order valence-electron chi connectivity index (χ2n) is 5.03. The molecular weight excluding hydrogens is 282 g/mol. The number of nitrogens with two attached hydrogens (primary N) is 1. The number of ether oxygens (including phenoxy) is 1. The van der Waals surface area contributed by atoms with Crippen molar-refractivity contribution in [3.8, 4) is 5.75 Å². The van der Waals surface area contributed by atoms with Crippen LogP contribution in [0.3, 0.4) is 0 Å². The van der Waals surface area contributed by atoms with Crippen LogP contribution < -0.4 is 16.0 Å². The van der Waals surface area contributed by atoms with E-state index in [1.807, 2.05) is 24.3 Å². The molecule has 2 aromatic heterocycles. The highest BCUT2D eigenvalue weighted by Gasteiger charge is 2.08. The normalized spacial score (nSPS) is 11.0. The van der Waals surface area contributed by atoms with Crippen LogP contribution in [0.15, 0.2) is 29.1 Å². The Morgan fingerprint density at radius 2 is 1.91 bits per heavy atom. The van der Waals surface area contributed by atoms with Gasteiger partial charge in [-0.3, -0.25) is 9.78 Å². The first kappa shape index (κ1) is 14.1. The molecule has 114 valence electrons. The highest BCUT2D eigenvalue weighted by atomic mass is 16.5. The zero-order valence-electron chi connectivity index (χ0n) is 12.2. The largest absolute Gasteiger partial charge is 0.497 e. The molecule has 0 aliphatic rings. The Labute approximate surface area is 126 Å². The number of methoxy groups -OCH3 is 1. The van der Waals surface area contributed by atoms with Crippen molar-refractivity contribution in [1.82, 2.24) is 19.9 Å². The quantitative estimate of drug-likeness (QED) is 0.660. The van der Waals surface area contributed by atoms with Crippen LogP contribution in [0.25, 0.3) is 11.2 Å². The molecule has 0 radical (unpaired) electrons. The summed E-state index contributed by atoms with van der Waals surface area (Å²) in [5.74, 6) is 1.67. The van der Waals surface area contributed by atoms with E-state index in [0.29, 0.717) is 11.2 Å². The fraction of sp³-hybridized carbons (Fsp3) is 0.267. The number of hydrogen-bond donors (Lipinski definition) is 3. The van der Waals surface area contributed by atoms with Crippen LogP contribution in [0.4, 0.5) is 5.95 Å². The molecule has 0 saturated carbocycles.